The van der Waals surface area contributed by atoms with E-state index in [9.17, 15) is 14.4 Å². The Labute approximate surface area is 163 Å². The number of rotatable bonds is 3. The van der Waals surface area contributed by atoms with E-state index in [0.29, 0.717) is 26.9 Å². The van der Waals surface area contributed by atoms with Gasteiger partial charge < -0.3 is 4.74 Å². The average molecular weight is 422 g/mol. The second-order valence-corrected chi connectivity index (χ2v) is 6.71. The highest BCUT2D eigenvalue weighted by Gasteiger charge is 2.36. The van der Waals surface area contributed by atoms with Gasteiger partial charge in [-0.25, -0.2) is 9.69 Å². The molecule has 3 aromatic rings. The number of fused-ring (bicyclic) bond motifs is 1. The van der Waals surface area contributed by atoms with E-state index in [1.807, 2.05) is 0 Å². The summed E-state index contributed by atoms with van der Waals surface area (Å²) in [6, 6.07) is 19.9. The van der Waals surface area contributed by atoms with Gasteiger partial charge in [-0.15, -0.1) is 0 Å². The van der Waals surface area contributed by atoms with E-state index in [1.165, 1.54) is 6.07 Å². The molecular weight excluding hydrogens is 410 g/mol. The number of halogens is 1. The molecule has 1 heterocycles. The molecular formula is C21H12BrNO4. The lowest BCUT2D eigenvalue weighted by Gasteiger charge is -2.15. The summed E-state index contributed by atoms with van der Waals surface area (Å²) in [5.41, 5.74) is 1.44. The monoisotopic (exact) mass is 421 g/mol. The van der Waals surface area contributed by atoms with Gasteiger partial charge in [0, 0.05) is 10.5 Å². The van der Waals surface area contributed by atoms with E-state index in [-0.39, 0.29) is 5.75 Å². The summed E-state index contributed by atoms with van der Waals surface area (Å²) in [6.07, 6.45) is 0. The van der Waals surface area contributed by atoms with Crippen molar-refractivity contribution >= 4 is 39.4 Å². The zero-order valence-corrected chi connectivity index (χ0v) is 15.5. The fourth-order valence-electron chi connectivity index (χ4n) is 2.90. The molecule has 0 N–H and O–H groups in total. The molecule has 0 aliphatic carbocycles. The molecule has 6 heteroatoms. The number of amides is 2. The van der Waals surface area contributed by atoms with Gasteiger partial charge in [-0.3, -0.25) is 9.59 Å². The van der Waals surface area contributed by atoms with Crippen molar-refractivity contribution in [1.29, 1.82) is 0 Å². The fraction of sp³-hybridized carbons (Fsp3) is 0. The van der Waals surface area contributed by atoms with Crippen molar-refractivity contribution in [3.63, 3.8) is 0 Å². The van der Waals surface area contributed by atoms with Crippen LogP contribution in [0.3, 0.4) is 0 Å². The van der Waals surface area contributed by atoms with Crippen molar-refractivity contribution in [2.75, 3.05) is 4.90 Å². The number of hydrogen-bond acceptors (Lipinski definition) is 4. The molecule has 27 heavy (non-hydrogen) atoms. The summed E-state index contributed by atoms with van der Waals surface area (Å²) >= 11 is 3.31. The Morgan fingerprint density at radius 3 is 2.11 bits per heavy atom. The third-order valence-corrected chi connectivity index (χ3v) is 4.87. The lowest BCUT2D eigenvalue weighted by Crippen LogP contribution is -2.29. The number of imide groups is 1. The maximum atomic E-state index is 12.6. The standard InChI is InChI=1S/C21H12BrNO4/c22-18-11-4-3-10-17(18)21(26)27-14-7-5-6-13(12-14)23-19(24)15-8-1-2-9-16(15)20(23)25/h1-12H. The maximum Gasteiger partial charge on any atom is 0.344 e. The average Bonchev–Trinajstić information content (AvgIpc) is 2.93. The van der Waals surface area contributed by atoms with E-state index in [0.717, 1.165) is 4.90 Å². The molecule has 2 amide bonds. The van der Waals surface area contributed by atoms with Crippen molar-refractivity contribution in [1.82, 2.24) is 0 Å². The van der Waals surface area contributed by atoms with Gasteiger partial charge in [-0.05, 0) is 52.3 Å². The largest absolute Gasteiger partial charge is 0.423 e. The van der Waals surface area contributed by atoms with Crippen LogP contribution in [0.15, 0.2) is 77.3 Å². The van der Waals surface area contributed by atoms with Gasteiger partial charge in [0.25, 0.3) is 11.8 Å². The number of esters is 1. The fourth-order valence-corrected chi connectivity index (χ4v) is 3.35. The maximum absolute atomic E-state index is 12.6. The van der Waals surface area contributed by atoms with Crippen LogP contribution in [0.2, 0.25) is 0 Å². The van der Waals surface area contributed by atoms with Crippen LogP contribution in [0.25, 0.3) is 0 Å². The Kier molecular flexibility index (Phi) is 4.33. The van der Waals surface area contributed by atoms with E-state index in [4.69, 9.17) is 4.74 Å². The van der Waals surface area contributed by atoms with Gasteiger partial charge in [0.05, 0.1) is 22.4 Å². The Morgan fingerprint density at radius 1 is 0.815 bits per heavy atom. The molecule has 5 nitrogen and oxygen atoms in total. The summed E-state index contributed by atoms with van der Waals surface area (Å²) in [5, 5.41) is 0. The highest BCUT2D eigenvalue weighted by atomic mass is 79.9. The van der Waals surface area contributed by atoms with Crippen LogP contribution in [-0.2, 0) is 0 Å². The summed E-state index contributed by atoms with van der Waals surface area (Å²) in [6.45, 7) is 0. The van der Waals surface area contributed by atoms with E-state index in [1.54, 1.807) is 66.7 Å². The van der Waals surface area contributed by atoms with Crippen LogP contribution in [0.5, 0.6) is 5.75 Å². The van der Waals surface area contributed by atoms with Gasteiger partial charge in [0.1, 0.15) is 5.75 Å². The third kappa shape index (κ3) is 3.04. The molecule has 1 aliphatic heterocycles. The van der Waals surface area contributed by atoms with Gasteiger partial charge >= 0.3 is 5.97 Å². The number of anilines is 1. The van der Waals surface area contributed by atoms with E-state index >= 15 is 0 Å². The molecule has 0 unspecified atom stereocenters. The Morgan fingerprint density at radius 2 is 1.44 bits per heavy atom. The zero-order chi connectivity index (χ0) is 19.0. The number of benzene rings is 3. The second-order valence-electron chi connectivity index (χ2n) is 5.86. The van der Waals surface area contributed by atoms with Crippen LogP contribution in [-0.4, -0.2) is 17.8 Å². The van der Waals surface area contributed by atoms with Crippen LogP contribution < -0.4 is 9.64 Å². The molecule has 3 aromatic carbocycles. The van der Waals surface area contributed by atoms with Gasteiger partial charge in [-0.2, -0.15) is 0 Å². The number of hydrogen-bond donors (Lipinski definition) is 0. The van der Waals surface area contributed by atoms with E-state index in [2.05, 4.69) is 15.9 Å². The van der Waals surface area contributed by atoms with Crippen molar-refractivity contribution in [3.8, 4) is 5.75 Å². The summed E-state index contributed by atoms with van der Waals surface area (Å²) in [7, 11) is 0. The smallest absolute Gasteiger partial charge is 0.344 e. The molecule has 0 spiro atoms. The van der Waals surface area contributed by atoms with Gasteiger partial charge in [0.15, 0.2) is 0 Å². The molecule has 0 fully saturated rings. The molecule has 0 aromatic heterocycles. The molecule has 0 saturated carbocycles. The predicted octanol–water partition coefficient (Wildman–Crippen LogP) is 4.47. The number of carbonyl (C=O) groups excluding carboxylic acids is 3. The lowest BCUT2D eigenvalue weighted by molar-refractivity contribution is 0.0733. The predicted molar refractivity (Wildman–Crippen MR) is 103 cm³/mol. The molecule has 4 rings (SSSR count). The molecule has 1 aliphatic rings. The molecule has 0 bridgehead atoms. The minimum absolute atomic E-state index is 0.241. The SMILES string of the molecule is O=C(Oc1cccc(N2C(=O)c3ccccc3C2=O)c1)c1ccccc1Br. The van der Waals surface area contributed by atoms with Crippen LogP contribution >= 0.6 is 15.9 Å². The second kappa shape index (κ2) is 6.81. The van der Waals surface area contributed by atoms with Crippen molar-refractivity contribution in [2.24, 2.45) is 0 Å². The zero-order valence-electron chi connectivity index (χ0n) is 13.9. The molecule has 132 valence electrons. The summed E-state index contributed by atoms with van der Waals surface area (Å²) in [5.74, 6) is -1.10. The van der Waals surface area contributed by atoms with Gasteiger partial charge in [0.2, 0.25) is 0 Å². The van der Waals surface area contributed by atoms with E-state index < -0.39 is 17.8 Å². The van der Waals surface area contributed by atoms with Crippen LogP contribution in [0.4, 0.5) is 5.69 Å². The Bertz CT molecular complexity index is 1060. The number of carbonyl (C=O) groups is 3. The molecule has 0 saturated heterocycles. The van der Waals surface area contributed by atoms with Gasteiger partial charge in [-0.1, -0.05) is 30.3 Å². The Hall–Kier alpha value is -3.25. The van der Waals surface area contributed by atoms with Crippen LogP contribution in [0.1, 0.15) is 31.1 Å². The number of ether oxygens (including phenoxy) is 1. The Balaban J connectivity index is 1.63. The minimum atomic E-state index is -0.540. The summed E-state index contributed by atoms with van der Waals surface area (Å²) < 4.78 is 6.03. The first kappa shape index (κ1) is 17.2. The normalized spacial score (nSPS) is 12.9. The topological polar surface area (TPSA) is 63.7 Å². The summed E-state index contributed by atoms with van der Waals surface area (Å²) in [4.78, 5) is 38.7. The van der Waals surface area contributed by atoms with Crippen LogP contribution in [0, 0.1) is 0 Å². The van der Waals surface area contributed by atoms with Crippen molar-refractivity contribution in [3.05, 3.63) is 94.0 Å². The molecule has 0 radical (unpaired) electrons. The lowest BCUT2D eigenvalue weighted by atomic mass is 10.1. The minimum Gasteiger partial charge on any atom is -0.423 e. The number of nitrogens with zero attached hydrogens (tertiary/aromatic N) is 1. The highest BCUT2D eigenvalue weighted by Crippen LogP contribution is 2.30. The highest BCUT2D eigenvalue weighted by molar-refractivity contribution is 9.10. The molecule has 0 atom stereocenters. The first-order valence-corrected chi connectivity index (χ1v) is 8.90. The third-order valence-electron chi connectivity index (χ3n) is 4.17. The first-order valence-electron chi connectivity index (χ1n) is 8.11. The quantitative estimate of drug-likeness (QED) is 0.355. The van der Waals surface area contributed by atoms with Crippen molar-refractivity contribution < 1.29 is 19.1 Å². The van der Waals surface area contributed by atoms with Crippen molar-refractivity contribution in [2.45, 2.75) is 0 Å². The first-order chi connectivity index (χ1) is 13.1.